The molecule has 2 aliphatic rings. The van der Waals surface area contributed by atoms with E-state index in [0.29, 0.717) is 0 Å². The molecule has 9 heteroatoms. The number of nitrogens with zero attached hydrogens (tertiary/aromatic N) is 1. The van der Waals surface area contributed by atoms with Gasteiger partial charge in [-0.25, -0.2) is 4.79 Å². The Morgan fingerprint density at radius 2 is 1.59 bits per heavy atom. The van der Waals surface area contributed by atoms with Gasteiger partial charge in [0.15, 0.2) is 0 Å². The summed E-state index contributed by atoms with van der Waals surface area (Å²) in [7, 11) is 0. The number of likely N-dealkylation sites (tertiary alicyclic amines) is 1. The van der Waals surface area contributed by atoms with Crippen LogP contribution in [0.15, 0.2) is 48.5 Å². The molecular weight excluding hydrogens is 446 g/mol. The number of carbonyl (C=O) groups excluding carboxylic acids is 2. The number of carbonyl (C=O) groups is 3. The van der Waals surface area contributed by atoms with E-state index >= 15 is 0 Å². The minimum Gasteiger partial charge on any atom is -0.481 e. The molecule has 2 aromatic rings. The predicted molar refractivity (Wildman–Crippen MR) is 120 cm³/mol. The number of hydrogen-bond donors (Lipinski definition) is 2. The fourth-order valence-electron chi connectivity index (χ4n) is 4.56. The van der Waals surface area contributed by atoms with Crippen LogP contribution in [0.4, 0.5) is 13.6 Å². The van der Waals surface area contributed by atoms with Crippen molar-refractivity contribution in [1.29, 1.82) is 0 Å². The number of hydrogen-bond acceptors (Lipinski definition) is 4. The normalized spacial score (nSPS) is 17.0. The predicted octanol–water partition coefficient (Wildman–Crippen LogP) is 3.87. The fourth-order valence-corrected chi connectivity index (χ4v) is 4.56. The van der Waals surface area contributed by atoms with E-state index in [-0.39, 0.29) is 38.5 Å². The number of nitrogens with one attached hydrogen (secondary N) is 1. The number of alkyl carbamates (subject to hydrolysis) is 1. The van der Waals surface area contributed by atoms with Gasteiger partial charge in [0, 0.05) is 19.0 Å². The van der Waals surface area contributed by atoms with Crippen molar-refractivity contribution in [3.05, 3.63) is 59.7 Å². The van der Waals surface area contributed by atoms with E-state index in [0.717, 1.165) is 27.2 Å². The van der Waals surface area contributed by atoms with Crippen LogP contribution in [0, 0.1) is 5.41 Å². The highest BCUT2D eigenvalue weighted by Crippen LogP contribution is 2.44. The smallest absolute Gasteiger partial charge is 0.407 e. The van der Waals surface area contributed by atoms with E-state index in [2.05, 4.69) is 0 Å². The fraction of sp³-hybridized carbons (Fsp3) is 0.400. The summed E-state index contributed by atoms with van der Waals surface area (Å²) in [6, 6.07) is 15.5. The molecule has 0 aromatic heterocycles. The molecule has 2 amide bonds. The van der Waals surface area contributed by atoms with E-state index in [9.17, 15) is 28.3 Å². The Bertz CT molecular complexity index is 1070. The summed E-state index contributed by atoms with van der Waals surface area (Å²) in [5.41, 5.74) is 3.05. The second-order valence-corrected chi connectivity index (χ2v) is 9.04. The molecule has 1 aliphatic carbocycles. The monoisotopic (exact) mass is 472 g/mol. The number of benzene rings is 2. The maximum absolute atomic E-state index is 14.5. The standard InChI is InChI=1S/C25H26F2N2O5/c1-24(22(31)32)10-12-29(13-11-24)21(30)25(26,27)15-28-23(33)34-14-20-18-8-4-2-6-16(18)17-7-3-5-9-19(17)20/h2-9,20H,10-15H2,1H3,(H,28,33)(H,31,32). The highest BCUT2D eigenvalue weighted by atomic mass is 19.3. The number of aliphatic carboxylic acids is 1. The first-order valence-electron chi connectivity index (χ1n) is 11.1. The van der Waals surface area contributed by atoms with Crippen LogP contribution in [0.5, 0.6) is 0 Å². The Morgan fingerprint density at radius 3 is 2.12 bits per heavy atom. The molecule has 0 spiro atoms. The Morgan fingerprint density at radius 1 is 1.06 bits per heavy atom. The van der Waals surface area contributed by atoms with E-state index in [1.807, 2.05) is 53.8 Å². The van der Waals surface area contributed by atoms with Crippen LogP contribution in [0.25, 0.3) is 11.1 Å². The summed E-state index contributed by atoms with van der Waals surface area (Å²) in [4.78, 5) is 36.7. The van der Waals surface area contributed by atoms with Crippen molar-refractivity contribution in [2.75, 3.05) is 26.2 Å². The van der Waals surface area contributed by atoms with Gasteiger partial charge in [-0.2, -0.15) is 8.78 Å². The Balaban J connectivity index is 1.31. The number of alkyl halides is 2. The van der Waals surface area contributed by atoms with Crippen molar-refractivity contribution < 1.29 is 33.0 Å². The number of halogens is 2. The quantitative estimate of drug-likeness (QED) is 0.666. The van der Waals surface area contributed by atoms with E-state index < -0.39 is 35.9 Å². The Labute approximate surface area is 195 Å². The largest absolute Gasteiger partial charge is 0.481 e. The summed E-state index contributed by atoms with van der Waals surface area (Å²) < 4.78 is 34.2. The van der Waals surface area contributed by atoms with Gasteiger partial charge in [0.05, 0.1) is 12.0 Å². The van der Waals surface area contributed by atoms with Crippen molar-refractivity contribution in [2.45, 2.75) is 31.6 Å². The highest BCUT2D eigenvalue weighted by Gasteiger charge is 2.46. The van der Waals surface area contributed by atoms with E-state index in [1.54, 1.807) is 0 Å². The molecular formula is C25H26F2N2O5. The second-order valence-electron chi connectivity index (χ2n) is 9.04. The van der Waals surface area contributed by atoms with Crippen LogP contribution in [0.2, 0.25) is 0 Å². The van der Waals surface area contributed by atoms with Crippen molar-refractivity contribution >= 4 is 18.0 Å². The van der Waals surface area contributed by atoms with Crippen LogP contribution in [-0.2, 0) is 14.3 Å². The highest BCUT2D eigenvalue weighted by molar-refractivity contribution is 5.85. The topological polar surface area (TPSA) is 95.9 Å². The summed E-state index contributed by atoms with van der Waals surface area (Å²) in [5, 5.41) is 11.2. The van der Waals surface area contributed by atoms with Crippen LogP contribution < -0.4 is 5.32 Å². The first-order chi connectivity index (χ1) is 16.1. The molecule has 0 atom stereocenters. The van der Waals surface area contributed by atoms with Gasteiger partial charge in [0.1, 0.15) is 6.61 Å². The zero-order chi connectivity index (χ0) is 24.5. The molecule has 0 radical (unpaired) electrons. The van der Waals surface area contributed by atoms with Crippen molar-refractivity contribution in [3.8, 4) is 11.1 Å². The molecule has 2 N–H and O–H groups in total. The SMILES string of the molecule is CC1(C(=O)O)CCN(C(=O)C(F)(F)CNC(=O)OCC2c3ccccc3-c3ccccc32)CC1. The Kier molecular flexibility index (Phi) is 6.29. The van der Waals surface area contributed by atoms with Crippen LogP contribution in [0.3, 0.4) is 0 Å². The summed E-state index contributed by atoms with van der Waals surface area (Å²) in [6.07, 6.45) is -0.861. The van der Waals surface area contributed by atoms with E-state index in [4.69, 9.17) is 4.74 Å². The lowest BCUT2D eigenvalue weighted by molar-refractivity contribution is -0.163. The molecule has 0 unspecified atom stereocenters. The third-order valence-electron chi connectivity index (χ3n) is 6.78. The van der Waals surface area contributed by atoms with Crippen molar-refractivity contribution in [3.63, 3.8) is 0 Å². The molecule has 2 aromatic carbocycles. The zero-order valence-electron chi connectivity index (χ0n) is 18.7. The molecule has 1 fully saturated rings. The molecule has 4 rings (SSSR count). The average Bonchev–Trinajstić information content (AvgIpc) is 3.15. The molecule has 0 bridgehead atoms. The maximum atomic E-state index is 14.5. The zero-order valence-corrected chi connectivity index (χ0v) is 18.7. The molecule has 34 heavy (non-hydrogen) atoms. The summed E-state index contributed by atoms with van der Waals surface area (Å²) >= 11 is 0. The molecule has 180 valence electrons. The molecule has 1 saturated heterocycles. The van der Waals surface area contributed by atoms with Gasteiger partial charge < -0.3 is 20.1 Å². The van der Waals surface area contributed by atoms with Gasteiger partial charge >= 0.3 is 18.0 Å². The second kappa shape index (κ2) is 9.04. The maximum Gasteiger partial charge on any atom is 0.407 e. The lowest BCUT2D eigenvalue weighted by Crippen LogP contribution is -2.53. The van der Waals surface area contributed by atoms with Crippen molar-refractivity contribution in [1.82, 2.24) is 10.2 Å². The minimum absolute atomic E-state index is 0.0285. The van der Waals surface area contributed by atoms with Gasteiger partial charge in [0.2, 0.25) is 0 Å². The van der Waals surface area contributed by atoms with Crippen LogP contribution in [-0.4, -0.2) is 60.1 Å². The third kappa shape index (κ3) is 4.47. The van der Waals surface area contributed by atoms with Gasteiger partial charge in [-0.15, -0.1) is 0 Å². The number of ether oxygens (including phenoxy) is 1. The third-order valence-corrected chi connectivity index (χ3v) is 6.78. The number of carboxylic acid groups (broad SMARTS) is 1. The molecule has 0 saturated carbocycles. The van der Waals surface area contributed by atoms with Crippen LogP contribution >= 0.6 is 0 Å². The first-order valence-corrected chi connectivity index (χ1v) is 11.1. The average molecular weight is 472 g/mol. The van der Waals surface area contributed by atoms with Crippen LogP contribution in [0.1, 0.15) is 36.8 Å². The molecule has 1 aliphatic heterocycles. The van der Waals surface area contributed by atoms with Gasteiger partial charge in [0.25, 0.3) is 5.91 Å². The number of fused-ring (bicyclic) bond motifs is 3. The Hall–Kier alpha value is -3.49. The van der Waals surface area contributed by atoms with Crippen molar-refractivity contribution in [2.24, 2.45) is 5.41 Å². The number of piperidine rings is 1. The number of amides is 2. The first kappa shape index (κ1) is 23.7. The summed E-state index contributed by atoms with van der Waals surface area (Å²) in [5.74, 6) is -6.48. The lowest BCUT2D eigenvalue weighted by Gasteiger charge is -2.37. The molecule has 7 nitrogen and oxygen atoms in total. The van der Waals surface area contributed by atoms with Gasteiger partial charge in [-0.1, -0.05) is 48.5 Å². The number of rotatable bonds is 6. The number of carboxylic acids is 1. The van der Waals surface area contributed by atoms with Gasteiger partial charge in [-0.3, -0.25) is 9.59 Å². The van der Waals surface area contributed by atoms with Gasteiger partial charge in [-0.05, 0) is 42.0 Å². The molecule has 1 heterocycles. The minimum atomic E-state index is -3.83. The van der Waals surface area contributed by atoms with E-state index in [1.165, 1.54) is 6.92 Å². The lowest BCUT2D eigenvalue weighted by atomic mass is 9.80. The summed E-state index contributed by atoms with van der Waals surface area (Å²) in [6.45, 7) is 0.146.